The number of nitrogens with zero attached hydrogens (tertiary/aromatic N) is 3. The second-order valence-electron chi connectivity index (χ2n) is 13.3. The molecule has 0 bridgehead atoms. The molecule has 1 aromatic heterocycles. The number of benzene rings is 1. The summed E-state index contributed by atoms with van der Waals surface area (Å²) in [7, 11) is 0. The highest BCUT2D eigenvalue weighted by Gasteiger charge is 2.33. The molecule has 2 aliphatic heterocycles. The molecule has 46 heavy (non-hydrogen) atoms. The molecule has 0 spiro atoms. The number of carbonyl (C=O) groups excluding carboxylic acids is 3. The molecule has 0 saturated carbocycles. The zero-order valence-electron chi connectivity index (χ0n) is 27.6. The van der Waals surface area contributed by atoms with Gasteiger partial charge in [0.05, 0.1) is 12.6 Å². The van der Waals surface area contributed by atoms with E-state index in [1.54, 1.807) is 56.1 Å². The van der Waals surface area contributed by atoms with E-state index < -0.39 is 35.6 Å². The molecule has 2 aliphatic rings. The monoisotopic (exact) mass is 644 g/mol. The Kier molecular flexibility index (Phi) is 11.4. The summed E-state index contributed by atoms with van der Waals surface area (Å²) in [4.78, 5) is 45.4. The van der Waals surface area contributed by atoms with Crippen molar-refractivity contribution in [3.63, 3.8) is 0 Å². The number of ether oxygens (including phenoxy) is 3. The molecule has 2 aromatic rings. The number of alkyl halides is 1. The van der Waals surface area contributed by atoms with Crippen LogP contribution in [0, 0.1) is 11.7 Å². The van der Waals surface area contributed by atoms with Crippen LogP contribution in [-0.4, -0.2) is 89.1 Å². The molecular weight excluding hydrogens is 598 g/mol. The Balaban J connectivity index is 1.37. The zero-order valence-corrected chi connectivity index (χ0v) is 27.6. The highest BCUT2D eigenvalue weighted by atomic mass is 19.1. The Labute approximate surface area is 269 Å². The number of nitrogens with one attached hydrogen (secondary N) is 1. The van der Waals surface area contributed by atoms with E-state index in [2.05, 4.69) is 10.3 Å². The topological polar surface area (TPSA) is 110 Å². The second kappa shape index (κ2) is 15.1. The molecule has 252 valence electrons. The lowest BCUT2D eigenvalue weighted by atomic mass is 9.92. The third kappa shape index (κ3) is 9.77. The van der Waals surface area contributed by atoms with Gasteiger partial charge in [-0.05, 0) is 90.0 Å². The molecule has 2 saturated heterocycles. The van der Waals surface area contributed by atoms with Gasteiger partial charge in [-0.3, -0.25) is 4.79 Å². The highest BCUT2D eigenvalue weighted by molar-refractivity contribution is 5.86. The van der Waals surface area contributed by atoms with Crippen LogP contribution < -0.4 is 10.1 Å². The first-order valence-corrected chi connectivity index (χ1v) is 16.0. The summed E-state index contributed by atoms with van der Waals surface area (Å²) in [5, 5.41) is 2.56. The lowest BCUT2D eigenvalue weighted by Gasteiger charge is -2.34. The van der Waals surface area contributed by atoms with E-state index in [1.807, 2.05) is 20.8 Å². The van der Waals surface area contributed by atoms with Crippen LogP contribution in [0.25, 0.3) is 11.1 Å². The van der Waals surface area contributed by atoms with Gasteiger partial charge in [0.1, 0.15) is 29.7 Å². The Morgan fingerprint density at radius 2 is 1.67 bits per heavy atom. The van der Waals surface area contributed by atoms with Gasteiger partial charge in [0.15, 0.2) is 0 Å². The van der Waals surface area contributed by atoms with Gasteiger partial charge in [-0.2, -0.15) is 0 Å². The predicted molar refractivity (Wildman–Crippen MR) is 169 cm³/mol. The quantitative estimate of drug-likeness (QED) is 0.361. The smallest absolute Gasteiger partial charge is 0.410 e. The predicted octanol–water partition coefficient (Wildman–Crippen LogP) is 5.92. The molecule has 0 radical (unpaired) electrons. The van der Waals surface area contributed by atoms with Gasteiger partial charge >= 0.3 is 12.2 Å². The lowest BCUT2D eigenvalue weighted by Crippen LogP contribution is -2.50. The number of aromatic nitrogens is 1. The summed E-state index contributed by atoms with van der Waals surface area (Å²) in [5.41, 5.74) is 0.682. The summed E-state index contributed by atoms with van der Waals surface area (Å²) < 4.78 is 45.9. The number of alkyl carbamates (subject to hydrolysis) is 1. The summed E-state index contributed by atoms with van der Waals surface area (Å²) in [6.45, 7) is 12.1. The minimum Gasteiger partial charge on any atom is -0.474 e. The van der Waals surface area contributed by atoms with Crippen LogP contribution >= 0.6 is 0 Å². The number of carbonyl (C=O) groups is 3. The third-order valence-corrected chi connectivity index (χ3v) is 8.08. The van der Waals surface area contributed by atoms with Crippen molar-refractivity contribution >= 4 is 18.1 Å². The van der Waals surface area contributed by atoms with Gasteiger partial charge in [0, 0.05) is 43.9 Å². The first-order valence-electron chi connectivity index (χ1n) is 16.0. The first kappa shape index (κ1) is 34.9. The molecule has 2 fully saturated rings. The Morgan fingerprint density at radius 1 is 1.00 bits per heavy atom. The van der Waals surface area contributed by atoms with E-state index in [4.69, 9.17) is 14.2 Å². The van der Waals surface area contributed by atoms with E-state index in [9.17, 15) is 18.8 Å². The molecule has 1 aromatic carbocycles. The van der Waals surface area contributed by atoms with Crippen molar-refractivity contribution < 1.29 is 37.4 Å². The van der Waals surface area contributed by atoms with Gasteiger partial charge in [-0.15, -0.1) is 0 Å². The average Bonchev–Trinajstić information content (AvgIpc) is 3.42. The highest BCUT2D eigenvalue weighted by Crippen LogP contribution is 2.27. The zero-order chi connectivity index (χ0) is 33.6. The number of amides is 3. The van der Waals surface area contributed by atoms with Crippen molar-refractivity contribution in [2.24, 2.45) is 5.92 Å². The van der Waals surface area contributed by atoms with Crippen LogP contribution in [0.1, 0.15) is 66.4 Å². The minimum absolute atomic E-state index is 0.0631. The van der Waals surface area contributed by atoms with Crippen molar-refractivity contribution in [3.05, 3.63) is 47.9 Å². The van der Waals surface area contributed by atoms with Gasteiger partial charge in [-0.25, -0.2) is 23.4 Å². The molecule has 3 heterocycles. The summed E-state index contributed by atoms with van der Waals surface area (Å²) in [6.07, 6.45) is 0.816. The number of hydrogen-bond acceptors (Lipinski definition) is 7. The van der Waals surface area contributed by atoms with Gasteiger partial charge in [-0.1, -0.05) is 12.1 Å². The standard InChI is InChI=1S/C34H46F2N4O6/c1-21(2)44-33(43)39-14-11-23(12-15-39)22(3)45-30-10-9-26(19-37-30)24-7-8-25(28(36)17-24)18-29(38-32(42)46-34(4,5)6)31(41)40-16-13-27(35)20-40/h7-10,17,19,21-23,27,29H,11-16,18,20H2,1-6H3,(H,38,42)/t22?,27-,29?/m0/s1. The van der Waals surface area contributed by atoms with Crippen molar-refractivity contribution in [2.75, 3.05) is 26.2 Å². The van der Waals surface area contributed by atoms with E-state index in [-0.39, 0.29) is 55.7 Å². The van der Waals surface area contributed by atoms with Crippen molar-refractivity contribution in [1.82, 2.24) is 20.1 Å². The van der Waals surface area contributed by atoms with Gasteiger partial charge in [0.25, 0.3) is 0 Å². The number of piperidine rings is 1. The van der Waals surface area contributed by atoms with Gasteiger partial charge in [0.2, 0.25) is 11.8 Å². The maximum absolute atomic E-state index is 15.4. The second-order valence-corrected chi connectivity index (χ2v) is 13.3. The minimum atomic E-state index is -1.13. The van der Waals surface area contributed by atoms with Crippen molar-refractivity contribution in [2.45, 2.75) is 97.2 Å². The van der Waals surface area contributed by atoms with Gasteiger partial charge < -0.3 is 29.3 Å². The first-order chi connectivity index (χ1) is 21.7. The molecule has 3 amide bonds. The largest absolute Gasteiger partial charge is 0.474 e. The molecule has 1 N–H and O–H groups in total. The fourth-order valence-electron chi connectivity index (χ4n) is 5.64. The van der Waals surface area contributed by atoms with Crippen LogP contribution in [-0.2, 0) is 20.7 Å². The molecule has 4 rings (SSSR count). The van der Waals surface area contributed by atoms with Crippen molar-refractivity contribution in [3.8, 4) is 17.0 Å². The maximum atomic E-state index is 15.4. The summed E-state index contributed by atoms with van der Waals surface area (Å²) >= 11 is 0. The maximum Gasteiger partial charge on any atom is 0.410 e. The molecule has 3 atom stereocenters. The fraction of sp³-hybridized carbons (Fsp3) is 0.588. The Hall–Kier alpha value is -3.96. The fourth-order valence-corrected chi connectivity index (χ4v) is 5.64. The number of halogens is 2. The van der Waals surface area contributed by atoms with E-state index in [0.717, 1.165) is 12.8 Å². The lowest BCUT2D eigenvalue weighted by molar-refractivity contribution is -0.132. The van der Waals surface area contributed by atoms with Crippen LogP contribution in [0.2, 0.25) is 0 Å². The molecule has 2 unspecified atom stereocenters. The van der Waals surface area contributed by atoms with Crippen LogP contribution in [0.5, 0.6) is 5.88 Å². The Morgan fingerprint density at radius 3 is 2.24 bits per heavy atom. The SMILES string of the molecule is CC(C)OC(=O)N1CCC(C(C)Oc2ccc(-c3ccc(CC(NC(=O)OC(C)(C)C)C(=O)N4CC[C@H](F)C4)c(F)c3)cn2)CC1. The summed E-state index contributed by atoms with van der Waals surface area (Å²) in [6, 6.07) is 7.06. The molecule has 12 heteroatoms. The molecular formula is C34H46F2N4O6. The molecule has 10 nitrogen and oxygen atoms in total. The molecule has 0 aliphatic carbocycles. The Bertz CT molecular complexity index is 1360. The van der Waals surface area contributed by atoms with E-state index in [1.165, 1.54) is 11.0 Å². The number of hydrogen-bond donors (Lipinski definition) is 1. The summed E-state index contributed by atoms with van der Waals surface area (Å²) in [5.74, 6) is -0.330. The number of likely N-dealkylation sites (tertiary alicyclic amines) is 2. The van der Waals surface area contributed by atoms with E-state index in [0.29, 0.717) is 30.1 Å². The number of pyridine rings is 1. The van der Waals surface area contributed by atoms with Crippen LogP contribution in [0.4, 0.5) is 18.4 Å². The normalized spacial score (nSPS) is 18.7. The van der Waals surface area contributed by atoms with E-state index >= 15 is 4.39 Å². The number of rotatable bonds is 9. The van der Waals surface area contributed by atoms with Crippen LogP contribution in [0.15, 0.2) is 36.5 Å². The van der Waals surface area contributed by atoms with Crippen molar-refractivity contribution in [1.29, 1.82) is 0 Å². The third-order valence-electron chi connectivity index (χ3n) is 8.08. The average molecular weight is 645 g/mol. The van der Waals surface area contributed by atoms with Crippen LogP contribution in [0.3, 0.4) is 0 Å².